The molecular formula is C17H25N5O2. The van der Waals surface area contributed by atoms with E-state index in [1.165, 1.54) is 0 Å². The maximum atomic E-state index is 10.6. The van der Waals surface area contributed by atoms with Crippen LogP contribution in [0, 0.1) is 6.92 Å². The first-order chi connectivity index (χ1) is 11.5. The van der Waals surface area contributed by atoms with Crippen molar-refractivity contribution in [3.8, 4) is 0 Å². The molecule has 0 bridgehead atoms. The summed E-state index contributed by atoms with van der Waals surface area (Å²) in [5.74, 6) is 1.86. The third-order valence-electron chi connectivity index (χ3n) is 3.49. The van der Waals surface area contributed by atoms with Gasteiger partial charge in [-0.15, -0.1) is 0 Å². The highest BCUT2D eigenvalue weighted by molar-refractivity contribution is 5.79. The van der Waals surface area contributed by atoms with Gasteiger partial charge in [0.05, 0.1) is 6.54 Å². The lowest BCUT2D eigenvalue weighted by Crippen LogP contribution is -2.39. The molecule has 0 aliphatic heterocycles. The second-order valence-electron chi connectivity index (χ2n) is 5.75. The summed E-state index contributed by atoms with van der Waals surface area (Å²) in [7, 11) is 0. The summed E-state index contributed by atoms with van der Waals surface area (Å²) in [5.41, 5.74) is -0.182. The van der Waals surface area contributed by atoms with Gasteiger partial charge in [-0.3, -0.25) is 0 Å². The molecule has 0 saturated heterocycles. The molecule has 3 N–H and O–H groups in total. The number of nitrogens with one attached hydrogen (secondary N) is 2. The Morgan fingerprint density at radius 2 is 2.04 bits per heavy atom. The van der Waals surface area contributed by atoms with Gasteiger partial charge in [0.25, 0.3) is 0 Å². The van der Waals surface area contributed by atoms with E-state index in [2.05, 4.69) is 25.8 Å². The Kier molecular flexibility index (Phi) is 6.31. The molecule has 24 heavy (non-hydrogen) atoms. The molecule has 1 heterocycles. The van der Waals surface area contributed by atoms with Gasteiger partial charge in [-0.25, -0.2) is 4.99 Å². The number of aliphatic imine (C=N–C) groups is 1. The second-order valence-corrected chi connectivity index (χ2v) is 5.75. The number of hydrogen-bond donors (Lipinski definition) is 3. The molecule has 7 heteroatoms. The molecule has 1 atom stereocenters. The molecule has 1 aromatic heterocycles. The van der Waals surface area contributed by atoms with Crippen molar-refractivity contribution in [2.45, 2.75) is 32.8 Å². The van der Waals surface area contributed by atoms with Crippen LogP contribution in [0.3, 0.4) is 0 Å². The zero-order valence-electron chi connectivity index (χ0n) is 14.4. The highest BCUT2D eigenvalue weighted by Gasteiger charge is 2.22. The zero-order chi connectivity index (χ0) is 17.4. The molecule has 1 unspecified atom stereocenters. The lowest BCUT2D eigenvalue weighted by molar-refractivity contribution is 0.0672. The minimum atomic E-state index is -1.02. The van der Waals surface area contributed by atoms with Gasteiger partial charge in [-0.2, -0.15) is 4.98 Å². The Morgan fingerprint density at radius 3 is 2.67 bits per heavy atom. The number of rotatable bonds is 7. The third kappa shape index (κ3) is 5.34. The van der Waals surface area contributed by atoms with E-state index >= 15 is 0 Å². The van der Waals surface area contributed by atoms with Crippen LogP contribution in [-0.2, 0) is 12.0 Å². The maximum Gasteiger partial charge on any atom is 0.228 e. The summed E-state index contributed by atoms with van der Waals surface area (Å²) < 4.78 is 5.08. The fourth-order valence-corrected chi connectivity index (χ4v) is 2.19. The molecule has 0 saturated carbocycles. The number of guanidine groups is 1. The molecule has 0 aliphatic rings. The van der Waals surface area contributed by atoms with Crippen molar-refractivity contribution in [2.75, 3.05) is 19.6 Å². The largest absolute Gasteiger partial charge is 0.384 e. The Balaban J connectivity index is 1.92. The summed E-state index contributed by atoms with van der Waals surface area (Å²) in [5, 5.41) is 20.7. The summed E-state index contributed by atoms with van der Waals surface area (Å²) in [6.07, 6.45) is 0.611. The van der Waals surface area contributed by atoms with Gasteiger partial charge in [0.2, 0.25) is 5.89 Å². The molecule has 2 aromatic rings. The van der Waals surface area contributed by atoms with Crippen LogP contribution in [0.2, 0.25) is 0 Å². The quantitative estimate of drug-likeness (QED) is 0.524. The van der Waals surface area contributed by atoms with E-state index in [4.69, 9.17) is 4.52 Å². The maximum absolute atomic E-state index is 10.6. The van der Waals surface area contributed by atoms with Crippen molar-refractivity contribution >= 4 is 5.96 Å². The minimum Gasteiger partial charge on any atom is -0.384 e. The van der Waals surface area contributed by atoms with Crippen LogP contribution in [-0.4, -0.2) is 40.8 Å². The van der Waals surface area contributed by atoms with Gasteiger partial charge in [0.15, 0.2) is 11.8 Å². The monoisotopic (exact) mass is 331 g/mol. The summed E-state index contributed by atoms with van der Waals surface area (Å²) in [4.78, 5) is 8.64. The predicted molar refractivity (Wildman–Crippen MR) is 92.7 cm³/mol. The van der Waals surface area contributed by atoms with Crippen LogP contribution in [0.25, 0.3) is 0 Å². The average Bonchev–Trinajstić information content (AvgIpc) is 2.99. The summed E-state index contributed by atoms with van der Waals surface area (Å²) in [6, 6.07) is 9.53. The highest BCUT2D eigenvalue weighted by Crippen LogP contribution is 2.20. The Labute approximate surface area is 142 Å². The molecule has 1 aromatic carbocycles. The normalized spacial score (nSPS) is 14.2. The first-order valence-corrected chi connectivity index (χ1v) is 8.10. The van der Waals surface area contributed by atoms with Crippen LogP contribution in [0.15, 0.2) is 39.8 Å². The Hall–Kier alpha value is -2.41. The SMILES string of the molecule is CCNC(=NCC(C)(O)c1ccccc1)NCCc1nc(C)no1. The van der Waals surface area contributed by atoms with E-state index < -0.39 is 5.60 Å². The minimum absolute atomic E-state index is 0.256. The average molecular weight is 331 g/mol. The van der Waals surface area contributed by atoms with Gasteiger partial charge < -0.3 is 20.3 Å². The third-order valence-corrected chi connectivity index (χ3v) is 3.49. The van der Waals surface area contributed by atoms with E-state index in [0.717, 1.165) is 12.1 Å². The first-order valence-electron chi connectivity index (χ1n) is 8.10. The van der Waals surface area contributed by atoms with Gasteiger partial charge in [-0.05, 0) is 26.3 Å². The predicted octanol–water partition coefficient (Wildman–Crippen LogP) is 1.38. The Bertz CT molecular complexity index is 652. The van der Waals surface area contributed by atoms with Crippen molar-refractivity contribution in [1.82, 2.24) is 20.8 Å². The van der Waals surface area contributed by atoms with E-state index in [-0.39, 0.29) is 6.54 Å². The molecular weight excluding hydrogens is 306 g/mol. The topological polar surface area (TPSA) is 95.6 Å². The lowest BCUT2D eigenvalue weighted by Gasteiger charge is -2.22. The number of nitrogens with zero attached hydrogens (tertiary/aromatic N) is 3. The lowest BCUT2D eigenvalue weighted by atomic mass is 9.96. The van der Waals surface area contributed by atoms with Crippen LogP contribution in [0.5, 0.6) is 0 Å². The number of hydrogen-bond acceptors (Lipinski definition) is 5. The molecule has 0 amide bonds. The summed E-state index contributed by atoms with van der Waals surface area (Å²) in [6.45, 7) is 7.15. The molecule has 0 aliphatic carbocycles. The van der Waals surface area contributed by atoms with E-state index in [1.54, 1.807) is 13.8 Å². The number of aryl methyl sites for hydroxylation is 1. The van der Waals surface area contributed by atoms with Gasteiger partial charge in [0.1, 0.15) is 5.60 Å². The van der Waals surface area contributed by atoms with Crippen molar-refractivity contribution in [3.05, 3.63) is 47.6 Å². The van der Waals surface area contributed by atoms with Crippen LogP contribution in [0.4, 0.5) is 0 Å². The van der Waals surface area contributed by atoms with Crippen LogP contribution in [0.1, 0.15) is 31.1 Å². The number of aliphatic hydroxyl groups is 1. The molecule has 2 rings (SSSR count). The standard InChI is InChI=1S/C17H25N5O2/c1-4-18-16(19-11-10-15-21-13(2)22-24-15)20-12-17(3,23)14-8-6-5-7-9-14/h5-9,23H,4,10-12H2,1-3H3,(H2,18,19,20). The van der Waals surface area contributed by atoms with Gasteiger partial charge in [0, 0.05) is 19.5 Å². The smallest absolute Gasteiger partial charge is 0.228 e. The highest BCUT2D eigenvalue weighted by atomic mass is 16.5. The van der Waals surface area contributed by atoms with E-state index in [1.807, 2.05) is 37.3 Å². The number of benzene rings is 1. The van der Waals surface area contributed by atoms with Gasteiger partial charge in [-0.1, -0.05) is 35.5 Å². The van der Waals surface area contributed by atoms with Crippen molar-refractivity contribution < 1.29 is 9.63 Å². The first kappa shape index (κ1) is 17.9. The van der Waals surface area contributed by atoms with E-state index in [9.17, 15) is 5.11 Å². The Morgan fingerprint density at radius 1 is 1.29 bits per heavy atom. The van der Waals surface area contributed by atoms with Crippen molar-refractivity contribution in [3.63, 3.8) is 0 Å². The summed E-state index contributed by atoms with van der Waals surface area (Å²) >= 11 is 0. The molecule has 0 radical (unpaired) electrons. The van der Waals surface area contributed by atoms with Crippen molar-refractivity contribution in [2.24, 2.45) is 4.99 Å². The van der Waals surface area contributed by atoms with Crippen LogP contribution >= 0.6 is 0 Å². The molecule has 0 fully saturated rings. The molecule has 130 valence electrons. The van der Waals surface area contributed by atoms with Crippen molar-refractivity contribution in [1.29, 1.82) is 0 Å². The molecule has 7 nitrogen and oxygen atoms in total. The molecule has 0 spiro atoms. The second kappa shape index (κ2) is 8.44. The fraction of sp³-hybridized carbons (Fsp3) is 0.471. The zero-order valence-corrected chi connectivity index (χ0v) is 14.4. The van der Waals surface area contributed by atoms with E-state index in [0.29, 0.717) is 30.6 Å². The van der Waals surface area contributed by atoms with Crippen LogP contribution < -0.4 is 10.6 Å². The van der Waals surface area contributed by atoms with Gasteiger partial charge >= 0.3 is 0 Å². The fourth-order valence-electron chi connectivity index (χ4n) is 2.19. The number of aromatic nitrogens is 2.